The molecular formula is C19H28N2. The number of para-hydroxylation sites is 1. The molecule has 1 aromatic heterocycles. The Morgan fingerprint density at radius 3 is 2.48 bits per heavy atom. The van der Waals surface area contributed by atoms with Gasteiger partial charge in [0.05, 0.1) is 0 Å². The van der Waals surface area contributed by atoms with Gasteiger partial charge in [-0.15, -0.1) is 0 Å². The van der Waals surface area contributed by atoms with Crippen LogP contribution in [-0.4, -0.2) is 11.1 Å². The second kappa shape index (κ2) is 7.46. The van der Waals surface area contributed by atoms with Gasteiger partial charge < -0.3 is 9.88 Å². The Bertz CT molecular complexity index is 552. The van der Waals surface area contributed by atoms with E-state index >= 15 is 0 Å². The van der Waals surface area contributed by atoms with Gasteiger partial charge in [0.15, 0.2) is 0 Å². The Kier molecular flexibility index (Phi) is 5.63. The molecule has 0 fully saturated rings. The molecule has 1 aromatic carbocycles. The number of rotatable bonds is 7. The minimum absolute atomic E-state index is 0.801. The van der Waals surface area contributed by atoms with E-state index in [1.54, 1.807) is 0 Å². The van der Waals surface area contributed by atoms with Crippen molar-refractivity contribution in [2.24, 2.45) is 5.92 Å². The Hall–Kier alpha value is -1.54. The van der Waals surface area contributed by atoms with Crippen molar-refractivity contribution < 1.29 is 0 Å². The SMILES string of the molecule is Cc1cc(CNCCCC(C)C)c(C)n1-c1ccccc1. The lowest BCUT2D eigenvalue weighted by Gasteiger charge is -2.10. The lowest BCUT2D eigenvalue weighted by atomic mass is 10.1. The average molecular weight is 284 g/mol. The van der Waals surface area contributed by atoms with Gasteiger partial charge in [-0.1, -0.05) is 32.0 Å². The van der Waals surface area contributed by atoms with Crippen LogP contribution in [0.15, 0.2) is 36.4 Å². The summed E-state index contributed by atoms with van der Waals surface area (Å²) in [6.45, 7) is 11.0. The number of benzene rings is 1. The van der Waals surface area contributed by atoms with Crippen molar-refractivity contribution in [2.75, 3.05) is 6.54 Å². The third kappa shape index (κ3) is 4.21. The molecule has 0 bridgehead atoms. The van der Waals surface area contributed by atoms with Gasteiger partial charge >= 0.3 is 0 Å². The van der Waals surface area contributed by atoms with Crippen LogP contribution in [0.3, 0.4) is 0 Å². The molecule has 2 nitrogen and oxygen atoms in total. The second-order valence-electron chi connectivity index (χ2n) is 6.28. The van der Waals surface area contributed by atoms with Gasteiger partial charge in [-0.3, -0.25) is 0 Å². The molecule has 0 unspecified atom stereocenters. The first-order valence-electron chi connectivity index (χ1n) is 8.03. The molecule has 0 atom stereocenters. The van der Waals surface area contributed by atoms with E-state index < -0.39 is 0 Å². The maximum atomic E-state index is 3.58. The van der Waals surface area contributed by atoms with E-state index in [9.17, 15) is 0 Å². The van der Waals surface area contributed by atoms with E-state index in [-0.39, 0.29) is 0 Å². The van der Waals surface area contributed by atoms with Gasteiger partial charge in [0, 0.05) is 23.6 Å². The molecular weight excluding hydrogens is 256 g/mol. The first kappa shape index (κ1) is 15.8. The van der Waals surface area contributed by atoms with Gasteiger partial charge in [0.25, 0.3) is 0 Å². The summed E-state index contributed by atoms with van der Waals surface area (Å²) in [6.07, 6.45) is 2.56. The number of nitrogens with one attached hydrogen (secondary N) is 1. The fraction of sp³-hybridized carbons (Fsp3) is 0.474. The quantitative estimate of drug-likeness (QED) is 0.734. The van der Waals surface area contributed by atoms with Crippen LogP contribution in [0.2, 0.25) is 0 Å². The minimum Gasteiger partial charge on any atom is -0.318 e. The largest absolute Gasteiger partial charge is 0.318 e. The molecule has 2 heteroatoms. The normalized spacial score (nSPS) is 11.3. The van der Waals surface area contributed by atoms with Crippen LogP contribution in [0.5, 0.6) is 0 Å². The van der Waals surface area contributed by atoms with Crippen molar-refractivity contribution in [3.63, 3.8) is 0 Å². The van der Waals surface area contributed by atoms with Crippen LogP contribution in [0, 0.1) is 19.8 Å². The molecule has 0 saturated carbocycles. The predicted molar refractivity (Wildman–Crippen MR) is 91.0 cm³/mol. The molecule has 1 heterocycles. The highest BCUT2D eigenvalue weighted by molar-refractivity contribution is 5.40. The van der Waals surface area contributed by atoms with Gasteiger partial charge in [0.2, 0.25) is 0 Å². The lowest BCUT2D eigenvalue weighted by molar-refractivity contribution is 0.527. The molecule has 21 heavy (non-hydrogen) atoms. The third-order valence-electron chi connectivity index (χ3n) is 4.00. The minimum atomic E-state index is 0.801. The zero-order chi connectivity index (χ0) is 15.2. The highest BCUT2D eigenvalue weighted by Crippen LogP contribution is 2.20. The molecule has 0 aliphatic heterocycles. The summed E-state index contributed by atoms with van der Waals surface area (Å²) in [6, 6.07) is 12.9. The van der Waals surface area contributed by atoms with E-state index in [1.165, 1.54) is 35.5 Å². The molecule has 0 radical (unpaired) electrons. The highest BCUT2D eigenvalue weighted by atomic mass is 15.0. The summed E-state index contributed by atoms with van der Waals surface area (Å²) in [5.41, 5.74) is 5.30. The van der Waals surface area contributed by atoms with Crippen LogP contribution < -0.4 is 5.32 Å². The van der Waals surface area contributed by atoms with Crippen molar-refractivity contribution in [1.29, 1.82) is 0 Å². The Balaban J connectivity index is 1.99. The van der Waals surface area contributed by atoms with E-state index in [0.29, 0.717) is 0 Å². The fourth-order valence-electron chi connectivity index (χ4n) is 2.84. The average Bonchev–Trinajstić information content (AvgIpc) is 2.74. The van der Waals surface area contributed by atoms with Crippen molar-refractivity contribution in [1.82, 2.24) is 9.88 Å². The van der Waals surface area contributed by atoms with Crippen molar-refractivity contribution in [3.05, 3.63) is 53.3 Å². The third-order valence-corrected chi connectivity index (χ3v) is 4.00. The second-order valence-corrected chi connectivity index (χ2v) is 6.28. The molecule has 0 amide bonds. The van der Waals surface area contributed by atoms with E-state index in [0.717, 1.165) is 19.0 Å². The van der Waals surface area contributed by atoms with Crippen LogP contribution in [0.4, 0.5) is 0 Å². The number of nitrogens with zero attached hydrogens (tertiary/aromatic N) is 1. The zero-order valence-electron chi connectivity index (χ0n) is 13.8. The predicted octanol–water partition coefficient (Wildman–Crippen LogP) is 4.62. The van der Waals surface area contributed by atoms with E-state index in [1.807, 2.05) is 0 Å². The van der Waals surface area contributed by atoms with Crippen molar-refractivity contribution >= 4 is 0 Å². The van der Waals surface area contributed by atoms with E-state index in [4.69, 9.17) is 0 Å². The molecule has 2 aromatic rings. The summed E-state index contributed by atoms with van der Waals surface area (Å²) in [7, 11) is 0. The van der Waals surface area contributed by atoms with Crippen LogP contribution in [0.25, 0.3) is 5.69 Å². The summed E-state index contributed by atoms with van der Waals surface area (Å²) in [5, 5.41) is 3.58. The summed E-state index contributed by atoms with van der Waals surface area (Å²) in [5.74, 6) is 0.801. The number of aromatic nitrogens is 1. The van der Waals surface area contributed by atoms with Crippen LogP contribution in [0.1, 0.15) is 43.6 Å². The number of hydrogen-bond acceptors (Lipinski definition) is 1. The molecule has 0 saturated heterocycles. The smallest absolute Gasteiger partial charge is 0.0455 e. The van der Waals surface area contributed by atoms with Gasteiger partial charge in [-0.05, 0) is 62.9 Å². The topological polar surface area (TPSA) is 17.0 Å². The monoisotopic (exact) mass is 284 g/mol. The fourth-order valence-corrected chi connectivity index (χ4v) is 2.84. The maximum Gasteiger partial charge on any atom is 0.0455 e. The van der Waals surface area contributed by atoms with Gasteiger partial charge in [-0.2, -0.15) is 0 Å². The first-order valence-corrected chi connectivity index (χ1v) is 8.03. The first-order chi connectivity index (χ1) is 10.1. The Labute approximate surface area is 129 Å². The number of aryl methyl sites for hydroxylation is 1. The van der Waals surface area contributed by atoms with Crippen LogP contribution >= 0.6 is 0 Å². The zero-order valence-corrected chi connectivity index (χ0v) is 13.8. The van der Waals surface area contributed by atoms with Crippen molar-refractivity contribution in [2.45, 2.75) is 47.1 Å². The summed E-state index contributed by atoms with van der Waals surface area (Å²) >= 11 is 0. The van der Waals surface area contributed by atoms with E-state index in [2.05, 4.69) is 74.0 Å². The van der Waals surface area contributed by atoms with Gasteiger partial charge in [0.1, 0.15) is 0 Å². The maximum absolute atomic E-state index is 3.58. The summed E-state index contributed by atoms with van der Waals surface area (Å²) in [4.78, 5) is 0. The number of hydrogen-bond donors (Lipinski definition) is 1. The van der Waals surface area contributed by atoms with Crippen LogP contribution in [-0.2, 0) is 6.54 Å². The standard InChI is InChI=1S/C19H28N2/c1-15(2)9-8-12-20-14-18-13-16(3)21(17(18)4)19-10-6-5-7-11-19/h5-7,10-11,13,15,20H,8-9,12,14H2,1-4H3. The molecule has 0 spiro atoms. The molecule has 114 valence electrons. The van der Waals surface area contributed by atoms with Gasteiger partial charge in [-0.25, -0.2) is 0 Å². The lowest BCUT2D eigenvalue weighted by Crippen LogP contribution is -2.15. The molecule has 0 aliphatic carbocycles. The Morgan fingerprint density at radius 2 is 1.81 bits per heavy atom. The van der Waals surface area contributed by atoms with Crippen molar-refractivity contribution in [3.8, 4) is 5.69 Å². The molecule has 2 rings (SSSR count). The highest BCUT2D eigenvalue weighted by Gasteiger charge is 2.09. The summed E-state index contributed by atoms with van der Waals surface area (Å²) < 4.78 is 2.34. The Morgan fingerprint density at radius 1 is 1.10 bits per heavy atom. The molecule has 0 aliphatic rings. The molecule has 1 N–H and O–H groups in total.